The standard InChI is InChI=1S/C41H76N14O16/c1-40(2,3)71-39(60)48-11-22-65-27-29-67-31-30-66-28-26-61-15-7-38(59)52-41(32-68-16-4-35(56)45-8-19-62-23-12-49-53-42,33-69-17-5-36(57)46-9-20-63-24-13-50-54-43)34-70-18-6-37(58)47-10-21-64-25-14-51-55-44/h4-34H2,1-3H3,(H,45,56)(H,46,57)(H,47,58)(H,48,60)(H,52,59). The van der Waals surface area contributed by atoms with Gasteiger partial charge in [-0.05, 0) is 37.4 Å². The molecule has 30 nitrogen and oxygen atoms in total. The van der Waals surface area contributed by atoms with Gasteiger partial charge >= 0.3 is 6.09 Å². The molecule has 0 aromatic rings. The Balaban J connectivity index is 5.28. The summed E-state index contributed by atoms with van der Waals surface area (Å²) in [5.74, 6) is -1.43. The van der Waals surface area contributed by atoms with Gasteiger partial charge in [-0.15, -0.1) is 0 Å². The van der Waals surface area contributed by atoms with E-state index in [1.807, 2.05) is 0 Å². The second kappa shape index (κ2) is 47.0. The number of amides is 5. The Labute approximate surface area is 414 Å². The Bertz CT molecular complexity index is 1460. The van der Waals surface area contributed by atoms with Gasteiger partial charge in [0, 0.05) is 86.2 Å². The highest BCUT2D eigenvalue weighted by molar-refractivity contribution is 5.77. The Kier molecular flexibility index (Phi) is 43.5. The Morgan fingerprint density at radius 1 is 0.394 bits per heavy atom. The van der Waals surface area contributed by atoms with Gasteiger partial charge < -0.3 is 78.7 Å². The second-order valence-electron chi connectivity index (χ2n) is 15.6. The lowest BCUT2D eigenvalue weighted by atomic mass is 10.0. The van der Waals surface area contributed by atoms with Crippen LogP contribution in [-0.2, 0) is 71.3 Å². The molecule has 5 amide bonds. The van der Waals surface area contributed by atoms with Crippen LogP contribution < -0.4 is 26.6 Å². The van der Waals surface area contributed by atoms with Crippen molar-refractivity contribution in [2.75, 3.05) is 178 Å². The highest BCUT2D eigenvalue weighted by atomic mass is 16.6. The number of hydrogen-bond donors (Lipinski definition) is 5. The molecule has 5 N–H and O–H groups in total. The first-order valence-corrected chi connectivity index (χ1v) is 23.2. The zero-order chi connectivity index (χ0) is 52.4. The number of azide groups is 3. The molecule has 30 heteroatoms. The predicted octanol–water partition coefficient (Wildman–Crippen LogP) is 1.37. The van der Waals surface area contributed by atoms with Gasteiger partial charge in [-0.2, -0.15) is 0 Å². The molecule has 0 aliphatic carbocycles. The van der Waals surface area contributed by atoms with Crippen LogP contribution in [0.3, 0.4) is 0 Å². The largest absolute Gasteiger partial charge is 0.444 e. The van der Waals surface area contributed by atoms with Crippen LogP contribution in [0, 0.1) is 0 Å². The van der Waals surface area contributed by atoms with Gasteiger partial charge in [0.2, 0.25) is 23.6 Å². The maximum absolute atomic E-state index is 13.4. The van der Waals surface area contributed by atoms with E-state index in [2.05, 4.69) is 56.7 Å². The minimum Gasteiger partial charge on any atom is -0.444 e. The van der Waals surface area contributed by atoms with E-state index >= 15 is 0 Å². The molecule has 71 heavy (non-hydrogen) atoms. The van der Waals surface area contributed by atoms with Gasteiger partial charge in [-0.25, -0.2) is 4.79 Å². The minimum atomic E-state index is -1.36. The fourth-order valence-corrected chi connectivity index (χ4v) is 5.16. The number of ether oxygens (including phenoxy) is 11. The summed E-state index contributed by atoms with van der Waals surface area (Å²) < 4.78 is 60.8. The van der Waals surface area contributed by atoms with Gasteiger partial charge in [-0.3, -0.25) is 19.2 Å². The number of nitrogens with zero attached hydrogens (tertiary/aromatic N) is 9. The zero-order valence-electron chi connectivity index (χ0n) is 41.5. The SMILES string of the molecule is CC(C)(C)OC(=O)NCCOCCOCCOCCOCCC(=O)NC(COCCC(=O)NCCOCCN=[N+]=[N-])(COCCC(=O)NCCOCCN=[N+]=[N-])COCCC(=O)NCCOCCN=[N+]=[N-]. The van der Waals surface area contributed by atoms with Gasteiger partial charge in [0.25, 0.3) is 0 Å². The summed E-state index contributed by atoms with van der Waals surface area (Å²) >= 11 is 0. The number of carbonyl (C=O) groups excluding carboxylic acids is 5. The van der Waals surface area contributed by atoms with Crippen LogP contribution in [0.1, 0.15) is 46.5 Å². The molecule has 0 aliphatic rings. The molecule has 0 bridgehead atoms. The molecule has 0 atom stereocenters. The van der Waals surface area contributed by atoms with Crippen molar-refractivity contribution >= 4 is 29.7 Å². The molecule has 0 fully saturated rings. The maximum atomic E-state index is 13.4. The van der Waals surface area contributed by atoms with Crippen molar-refractivity contribution in [3.05, 3.63) is 31.3 Å². The van der Waals surface area contributed by atoms with Crippen LogP contribution in [0.5, 0.6) is 0 Å². The molecule has 0 saturated carbocycles. The summed E-state index contributed by atoms with van der Waals surface area (Å²) in [6.45, 7) is 9.32. The Morgan fingerprint density at radius 3 is 1.04 bits per heavy atom. The van der Waals surface area contributed by atoms with Crippen molar-refractivity contribution < 1.29 is 76.1 Å². The summed E-state index contributed by atoms with van der Waals surface area (Å²) in [7, 11) is 0. The lowest BCUT2D eigenvalue weighted by molar-refractivity contribution is -0.131. The van der Waals surface area contributed by atoms with Crippen LogP contribution in [-0.4, -0.2) is 219 Å². The summed E-state index contributed by atoms with van der Waals surface area (Å²) in [5, 5.41) is 23.7. The predicted molar refractivity (Wildman–Crippen MR) is 253 cm³/mol. The van der Waals surface area contributed by atoms with Gasteiger partial charge in [-0.1, -0.05) is 15.3 Å². The third-order valence-corrected chi connectivity index (χ3v) is 8.37. The smallest absolute Gasteiger partial charge is 0.407 e. The van der Waals surface area contributed by atoms with E-state index in [1.165, 1.54) is 0 Å². The Hall–Kier alpha value is -5.32. The lowest BCUT2D eigenvalue weighted by Gasteiger charge is -2.34. The van der Waals surface area contributed by atoms with Crippen LogP contribution >= 0.6 is 0 Å². The van der Waals surface area contributed by atoms with E-state index in [1.54, 1.807) is 20.8 Å². The van der Waals surface area contributed by atoms with E-state index in [9.17, 15) is 24.0 Å². The molecule has 0 aliphatic heterocycles. The van der Waals surface area contributed by atoms with Gasteiger partial charge in [0.05, 0.1) is 132 Å². The average molecular weight is 1020 g/mol. The summed E-state index contributed by atoms with van der Waals surface area (Å²) in [4.78, 5) is 70.5. The third kappa shape index (κ3) is 46.8. The van der Waals surface area contributed by atoms with Crippen molar-refractivity contribution in [2.45, 2.75) is 57.6 Å². The van der Waals surface area contributed by atoms with E-state index in [-0.39, 0.29) is 182 Å². The molecular weight excluding hydrogens is 945 g/mol. The number of hydrogen-bond acceptors (Lipinski definition) is 19. The van der Waals surface area contributed by atoms with E-state index < -0.39 is 23.1 Å². The number of carbonyl (C=O) groups is 5. The fraction of sp³-hybridized carbons (Fsp3) is 0.878. The molecule has 0 unspecified atom stereocenters. The van der Waals surface area contributed by atoms with Crippen molar-refractivity contribution in [1.82, 2.24) is 26.6 Å². The monoisotopic (exact) mass is 1020 g/mol. The lowest BCUT2D eigenvalue weighted by Crippen LogP contribution is -2.59. The third-order valence-electron chi connectivity index (χ3n) is 8.37. The Morgan fingerprint density at radius 2 is 0.690 bits per heavy atom. The van der Waals surface area contributed by atoms with Crippen LogP contribution in [0.4, 0.5) is 4.79 Å². The van der Waals surface area contributed by atoms with Crippen molar-refractivity contribution in [1.29, 1.82) is 0 Å². The first kappa shape index (κ1) is 65.7. The average Bonchev–Trinajstić information content (AvgIpc) is 3.33. The quantitative estimate of drug-likeness (QED) is 0.0249. The zero-order valence-corrected chi connectivity index (χ0v) is 41.5. The van der Waals surface area contributed by atoms with Crippen LogP contribution in [0.2, 0.25) is 0 Å². The van der Waals surface area contributed by atoms with Crippen LogP contribution in [0.15, 0.2) is 15.3 Å². The molecule has 0 aromatic carbocycles. The number of nitrogens with one attached hydrogen (secondary N) is 5. The summed E-state index contributed by atoms with van der Waals surface area (Å²) in [6, 6.07) is 0. The molecule has 0 spiro atoms. The van der Waals surface area contributed by atoms with Gasteiger partial charge in [0.15, 0.2) is 0 Å². The highest BCUT2D eigenvalue weighted by Gasteiger charge is 2.34. The normalized spacial score (nSPS) is 11.8. The van der Waals surface area contributed by atoms with E-state index in [4.69, 9.17) is 68.7 Å². The minimum absolute atomic E-state index is 0.0325. The summed E-state index contributed by atoms with van der Waals surface area (Å²) in [5.41, 5.74) is 23.1. The molecule has 0 aromatic heterocycles. The second-order valence-corrected chi connectivity index (χ2v) is 15.6. The molecule has 0 heterocycles. The van der Waals surface area contributed by atoms with E-state index in [0.717, 1.165) is 0 Å². The van der Waals surface area contributed by atoms with Crippen molar-refractivity contribution in [3.63, 3.8) is 0 Å². The van der Waals surface area contributed by atoms with Crippen molar-refractivity contribution in [2.24, 2.45) is 15.3 Å². The summed E-state index contributed by atoms with van der Waals surface area (Å²) in [6.07, 6.45) is -0.708. The first-order chi connectivity index (χ1) is 34.4. The number of alkyl carbamates (subject to hydrolysis) is 1. The highest BCUT2D eigenvalue weighted by Crippen LogP contribution is 2.12. The van der Waals surface area contributed by atoms with E-state index in [0.29, 0.717) is 39.6 Å². The molecule has 406 valence electrons. The topological polar surface area (TPSA) is 393 Å². The molecule has 0 rings (SSSR count). The van der Waals surface area contributed by atoms with Gasteiger partial charge in [0.1, 0.15) is 11.1 Å². The maximum Gasteiger partial charge on any atom is 0.407 e. The number of rotatable bonds is 49. The van der Waals surface area contributed by atoms with Crippen molar-refractivity contribution in [3.8, 4) is 0 Å². The molecule has 0 saturated heterocycles. The fourth-order valence-electron chi connectivity index (χ4n) is 5.16. The first-order valence-electron chi connectivity index (χ1n) is 23.2. The molecule has 0 radical (unpaired) electrons. The van der Waals surface area contributed by atoms with Crippen LogP contribution in [0.25, 0.3) is 31.3 Å². The molecular formula is C41H76N14O16.